The van der Waals surface area contributed by atoms with Crippen molar-refractivity contribution in [3.8, 4) is 0 Å². The SMILES string of the molecule is CC[C@H](C)[C@@H](CO)NC(=O)C[C@H](O)[C@H](CC(C)C)NC(=O)C(Cc1scnc1C)NC(=O)[C@H](Cc1cccc2ccccc12)NC(=O)OCc1ccccc1. The number of nitrogens with one attached hydrogen (secondary N) is 4. The molecule has 12 nitrogen and oxygen atoms in total. The Morgan fingerprint density at radius 3 is 2.16 bits per heavy atom. The predicted octanol–water partition coefficient (Wildman–Crippen LogP) is 4.97. The lowest BCUT2D eigenvalue weighted by atomic mass is 9.95. The fourth-order valence-corrected chi connectivity index (χ4v) is 7.17. The van der Waals surface area contributed by atoms with Crippen LogP contribution in [0.3, 0.4) is 0 Å². The molecule has 0 aliphatic rings. The van der Waals surface area contributed by atoms with Gasteiger partial charge in [-0.1, -0.05) is 107 Å². The highest BCUT2D eigenvalue weighted by Gasteiger charge is 2.32. The number of fused-ring (bicyclic) bond motifs is 1. The first-order valence-electron chi connectivity index (χ1n) is 18.9. The molecule has 0 bridgehead atoms. The van der Waals surface area contributed by atoms with Gasteiger partial charge in [0.05, 0.1) is 42.4 Å². The summed E-state index contributed by atoms with van der Waals surface area (Å²) in [5.41, 5.74) is 3.97. The molecule has 4 rings (SSSR count). The Morgan fingerprint density at radius 2 is 1.49 bits per heavy atom. The zero-order valence-electron chi connectivity index (χ0n) is 32.3. The predicted molar refractivity (Wildman–Crippen MR) is 214 cm³/mol. The van der Waals surface area contributed by atoms with Crippen LogP contribution in [0.15, 0.2) is 78.3 Å². The van der Waals surface area contributed by atoms with Crippen LogP contribution in [0, 0.1) is 18.8 Å². The molecule has 55 heavy (non-hydrogen) atoms. The van der Waals surface area contributed by atoms with E-state index >= 15 is 0 Å². The van der Waals surface area contributed by atoms with Gasteiger partial charge in [-0.2, -0.15) is 0 Å². The third-order valence-electron chi connectivity index (χ3n) is 9.78. The maximum absolute atomic E-state index is 14.3. The van der Waals surface area contributed by atoms with E-state index in [0.29, 0.717) is 12.1 Å². The fraction of sp³-hybridized carbons (Fsp3) is 0.452. The molecule has 0 radical (unpaired) electrons. The lowest BCUT2D eigenvalue weighted by Gasteiger charge is -2.29. The van der Waals surface area contributed by atoms with Crippen LogP contribution < -0.4 is 21.3 Å². The van der Waals surface area contributed by atoms with Crippen LogP contribution in [-0.2, 0) is 38.6 Å². The molecular weight excluding hydrogens is 719 g/mol. The van der Waals surface area contributed by atoms with E-state index in [1.165, 1.54) is 11.3 Å². The smallest absolute Gasteiger partial charge is 0.408 e. The zero-order chi connectivity index (χ0) is 39.9. The number of aliphatic hydroxyl groups is 2. The summed E-state index contributed by atoms with van der Waals surface area (Å²) in [6.45, 7) is 9.36. The van der Waals surface area contributed by atoms with Gasteiger partial charge in [-0.25, -0.2) is 9.78 Å². The van der Waals surface area contributed by atoms with Gasteiger partial charge in [0.25, 0.3) is 0 Å². The number of thiazole rings is 1. The van der Waals surface area contributed by atoms with Crippen LogP contribution in [0.5, 0.6) is 0 Å². The Balaban J connectivity index is 1.57. The third kappa shape index (κ3) is 13.2. The number of alkyl carbamates (subject to hydrolysis) is 1. The first-order chi connectivity index (χ1) is 26.4. The summed E-state index contributed by atoms with van der Waals surface area (Å²) in [5.74, 6) is -1.54. The second-order valence-electron chi connectivity index (χ2n) is 14.5. The Morgan fingerprint density at radius 1 is 0.818 bits per heavy atom. The number of hydrogen-bond acceptors (Lipinski definition) is 9. The standard InChI is InChI=1S/C42H55N5O7S/c1-6-27(4)36(23-48)44-39(50)22-37(49)33(19-26(2)3)45-41(52)35(21-38-28(5)43-25-55-38)46-40(51)34(47-42(53)54-24-29-13-8-7-9-14-29)20-31-17-12-16-30-15-10-11-18-32(30)31/h7-18,25-27,33-37,48-49H,6,19-24H2,1-5H3,(H,44,50)(H,45,52)(H,46,51)(H,47,53)/t27-,33-,34-,35?,36+,37-/m0/s1. The van der Waals surface area contributed by atoms with E-state index in [9.17, 15) is 29.4 Å². The second-order valence-corrected chi connectivity index (χ2v) is 15.4. The quantitative estimate of drug-likeness (QED) is 0.0729. The lowest BCUT2D eigenvalue weighted by Crippen LogP contribution is -2.57. The Hall–Kier alpha value is -4.85. The largest absolute Gasteiger partial charge is 0.445 e. The molecule has 4 amide bonds. The van der Waals surface area contributed by atoms with Gasteiger partial charge in [0.1, 0.15) is 18.7 Å². The summed E-state index contributed by atoms with van der Waals surface area (Å²) in [5, 5.41) is 34.3. The number of amides is 4. The number of benzene rings is 3. The van der Waals surface area contributed by atoms with E-state index in [1.807, 2.05) is 107 Å². The number of aryl methyl sites for hydroxylation is 1. The van der Waals surface area contributed by atoms with Crippen LogP contribution in [0.25, 0.3) is 10.8 Å². The van der Waals surface area contributed by atoms with Gasteiger partial charge < -0.3 is 36.2 Å². The number of carbonyl (C=O) groups is 4. The molecule has 6 atom stereocenters. The van der Waals surface area contributed by atoms with Gasteiger partial charge in [0, 0.05) is 17.7 Å². The molecule has 0 aliphatic heterocycles. The molecule has 0 fully saturated rings. The van der Waals surface area contributed by atoms with Gasteiger partial charge in [0.2, 0.25) is 17.7 Å². The highest BCUT2D eigenvalue weighted by molar-refractivity contribution is 7.09. The van der Waals surface area contributed by atoms with Crippen molar-refractivity contribution in [2.45, 2.75) is 104 Å². The summed E-state index contributed by atoms with van der Waals surface area (Å²) < 4.78 is 5.50. The number of nitrogens with zero attached hydrogens (tertiary/aromatic N) is 1. The molecule has 1 heterocycles. The normalized spacial score (nSPS) is 14.6. The van der Waals surface area contributed by atoms with Gasteiger partial charge >= 0.3 is 6.09 Å². The van der Waals surface area contributed by atoms with Crippen molar-refractivity contribution in [2.24, 2.45) is 11.8 Å². The van der Waals surface area contributed by atoms with Gasteiger partial charge in [-0.3, -0.25) is 14.4 Å². The Labute approximate surface area is 327 Å². The molecule has 13 heteroatoms. The molecule has 4 aromatic rings. The maximum atomic E-state index is 14.3. The average molecular weight is 774 g/mol. The van der Waals surface area contributed by atoms with E-state index in [0.717, 1.165) is 33.2 Å². The molecule has 1 unspecified atom stereocenters. The van der Waals surface area contributed by atoms with Gasteiger partial charge in [0.15, 0.2) is 0 Å². The Bertz CT molecular complexity index is 1850. The molecule has 0 spiro atoms. The van der Waals surface area contributed by atoms with Crippen LogP contribution >= 0.6 is 11.3 Å². The van der Waals surface area contributed by atoms with Crippen molar-refractivity contribution in [3.63, 3.8) is 0 Å². The minimum atomic E-state index is -1.25. The number of carbonyl (C=O) groups excluding carboxylic acids is 4. The van der Waals surface area contributed by atoms with Crippen LogP contribution in [0.4, 0.5) is 4.79 Å². The summed E-state index contributed by atoms with van der Waals surface area (Å²) >= 11 is 1.35. The van der Waals surface area contributed by atoms with Crippen LogP contribution in [0.1, 0.15) is 68.7 Å². The lowest BCUT2D eigenvalue weighted by molar-refractivity contribution is -0.131. The average Bonchev–Trinajstić information content (AvgIpc) is 3.58. The van der Waals surface area contributed by atoms with Gasteiger partial charge in [-0.05, 0) is 47.1 Å². The third-order valence-corrected chi connectivity index (χ3v) is 10.7. The van der Waals surface area contributed by atoms with E-state index in [1.54, 1.807) is 5.51 Å². The summed E-state index contributed by atoms with van der Waals surface area (Å²) in [4.78, 5) is 59.7. The van der Waals surface area contributed by atoms with Crippen molar-refractivity contribution >= 4 is 45.9 Å². The summed E-state index contributed by atoms with van der Waals surface area (Å²) in [6.07, 6.45) is -1.02. The van der Waals surface area contributed by atoms with E-state index in [-0.39, 0.29) is 44.3 Å². The van der Waals surface area contributed by atoms with Crippen molar-refractivity contribution in [2.75, 3.05) is 6.61 Å². The molecule has 3 aromatic carbocycles. The summed E-state index contributed by atoms with van der Waals surface area (Å²) in [6, 6.07) is 19.1. The van der Waals surface area contributed by atoms with E-state index < -0.39 is 54.1 Å². The van der Waals surface area contributed by atoms with E-state index in [4.69, 9.17) is 4.74 Å². The Kier molecular flexibility index (Phi) is 16.6. The number of rotatable bonds is 20. The van der Waals surface area contributed by atoms with Crippen molar-refractivity contribution in [3.05, 3.63) is 100 Å². The number of aliphatic hydroxyl groups excluding tert-OH is 2. The van der Waals surface area contributed by atoms with Crippen molar-refractivity contribution < 1.29 is 34.1 Å². The number of hydrogen-bond donors (Lipinski definition) is 6. The molecule has 296 valence electrons. The highest BCUT2D eigenvalue weighted by atomic mass is 32.1. The number of ether oxygens (including phenoxy) is 1. The van der Waals surface area contributed by atoms with Crippen LogP contribution in [0.2, 0.25) is 0 Å². The first-order valence-corrected chi connectivity index (χ1v) is 19.8. The molecule has 0 aliphatic carbocycles. The topological polar surface area (TPSA) is 179 Å². The second kappa shape index (κ2) is 21.3. The molecular formula is C42H55N5O7S. The maximum Gasteiger partial charge on any atom is 0.408 e. The van der Waals surface area contributed by atoms with E-state index in [2.05, 4.69) is 26.3 Å². The molecule has 1 aromatic heterocycles. The van der Waals surface area contributed by atoms with Gasteiger partial charge in [-0.15, -0.1) is 11.3 Å². The molecule has 0 saturated heterocycles. The number of aromatic nitrogens is 1. The molecule has 6 N–H and O–H groups in total. The first kappa shape index (κ1) is 42.9. The van der Waals surface area contributed by atoms with Crippen molar-refractivity contribution in [1.29, 1.82) is 0 Å². The molecule has 0 saturated carbocycles. The minimum absolute atomic E-state index is 0.000834. The highest BCUT2D eigenvalue weighted by Crippen LogP contribution is 2.21. The minimum Gasteiger partial charge on any atom is -0.445 e. The fourth-order valence-electron chi connectivity index (χ4n) is 6.35. The van der Waals surface area contributed by atoms with Crippen molar-refractivity contribution in [1.82, 2.24) is 26.3 Å². The monoisotopic (exact) mass is 773 g/mol. The summed E-state index contributed by atoms with van der Waals surface area (Å²) in [7, 11) is 0. The zero-order valence-corrected chi connectivity index (χ0v) is 33.1. The van der Waals surface area contributed by atoms with Crippen LogP contribution in [-0.4, -0.2) is 75.9 Å².